The van der Waals surface area contributed by atoms with Gasteiger partial charge in [0.2, 0.25) is 5.88 Å². The van der Waals surface area contributed by atoms with Crippen molar-refractivity contribution in [2.24, 2.45) is 0 Å². The molecule has 1 atom stereocenters. The summed E-state index contributed by atoms with van der Waals surface area (Å²) >= 11 is 1.36. The summed E-state index contributed by atoms with van der Waals surface area (Å²) in [5.74, 6) is 0.965. The topological polar surface area (TPSA) is 66.4 Å². The third-order valence-corrected chi connectivity index (χ3v) is 5.63. The number of benzene rings is 2. The van der Waals surface area contributed by atoms with Crippen molar-refractivity contribution in [3.63, 3.8) is 0 Å². The number of ether oxygens (including phenoxy) is 3. The van der Waals surface area contributed by atoms with Crippen LogP contribution in [-0.4, -0.2) is 34.8 Å². The van der Waals surface area contributed by atoms with E-state index in [0.29, 0.717) is 44.7 Å². The molecule has 0 bridgehead atoms. The van der Waals surface area contributed by atoms with Gasteiger partial charge in [0.05, 0.1) is 24.3 Å². The number of hydrogen-bond acceptors (Lipinski definition) is 7. The highest BCUT2D eigenvalue weighted by atomic mass is 32.1. The summed E-state index contributed by atoms with van der Waals surface area (Å²) in [7, 11) is 1.55. The number of fused-ring (bicyclic) bond motifs is 4. The van der Waals surface area contributed by atoms with Crippen molar-refractivity contribution in [2.75, 3.05) is 13.7 Å². The number of aromatic nitrogens is 3. The molecular formula is C20H16FN3O3S. The molecule has 3 heterocycles. The molecule has 0 spiro atoms. The molecule has 0 aliphatic carbocycles. The Labute approximate surface area is 163 Å². The molecule has 5 rings (SSSR count). The van der Waals surface area contributed by atoms with Gasteiger partial charge in [-0.15, -0.1) is 11.3 Å². The van der Waals surface area contributed by atoms with E-state index in [1.54, 1.807) is 13.3 Å². The lowest BCUT2D eigenvalue weighted by atomic mass is 10.1. The molecule has 0 saturated carbocycles. The quantitative estimate of drug-likeness (QED) is 0.495. The molecule has 6 nitrogen and oxygen atoms in total. The molecule has 0 radical (unpaired) electrons. The van der Waals surface area contributed by atoms with E-state index in [-0.39, 0.29) is 11.6 Å². The van der Waals surface area contributed by atoms with Gasteiger partial charge >= 0.3 is 0 Å². The van der Waals surface area contributed by atoms with Gasteiger partial charge in [-0.1, -0.05) is 0 Å². The van der Waals surface area contributed by atoms with E-state index in [1.807, 2.05) is 26.0 Å². The number of methoxy groups -OCH3 is 1. The monoisotopic (exact) mass is 397 g/mol. The Balaban J connectivity index is 1.75. The van der Waals surface area contributed by atoms with E-state index >= 15 is 0 Å². The summed E-state index contributed by atoms with van der Waals surface area (Å²) in [4.78, 5) is 13.5. The Morgan fingerprint density at radius 2 is 2.07 bits per heavy atom. The summed E-state index contributed by atoms with van der Waals surface area (Å²) in [5, 5.41) is 0.651. The molecule has 28 heavy (non-hydrogen) atoms. The van der Waals surface area contributed by atoms with Gasteiger partial charge in [-0.3, -0.25) is 0 Å². The number of halogens is 1. The third-order valence-electron chi connectivity index (χ3n) is 4.54. The van der Waals surface area contributed by atoms with E-state index in [4.69, 9.17) is 14.2 Å². The van der Waals surface area contributed by atoms with Crippen LogP contribution in [0.15, 0.2) is 24.4 Å². The van der Waals surface area contributed by atoms with E-state index in [1.165, 1.54) is 17.4 Å². The minimum atomic E-state index is -0.432. The molecule has 0 N–H and O–H groups in total. The molecule has 2 aromatic heterocycles. The van der Waals surface area contributed by atoms with Gasteiger partial charge in [-0.25, -0.2) is 19.3 Å². The highest BCUT2D eigenvalue weighted by molar-refractivity contribution is 7.22. The van der Waals surface area contributed by atoms with E-state index < -0.39 is 5.82 Å². The van der Waals surface area contributed by atoms with Crippen LogP contribution in [0.5, 0.6) is 17.4 Å². The first kappa shape index (κ1) is 17.1. The van der Waals surface area contributed by atoms with Crippen LogP contribution in [0.3, 0.4) is 0 Å². The lowest BCUT2D eigenvalue weighted by Gasteiger charge is -2.24. The smallest absolute Gasteiger partial charge is 0.232 e. The fourth-order valence-corrected chi connectivity index (χ4v) is 4.38. The summed E-state index contributed by atoms with van der Waals surface area (Å²) in [6, 6.07) is 5.25. The molecule has 1 aliphatic heterocycles. The average molecular weight is 397 g/mol. The van der Waals surface area contributed by atoms with Crippen LogP contribution in [0.2, 0.25) is 0 Å². The van der Waals surface area contributed by atoms with Crippen LogP contribution in [0.4, 0.5) is 4.39 Å². The Hall–Kier alpha value is -3.00. The van der Waals surface area contributed by atoms with Gasteiger partial charge in [-0.05, 0) is 31.5 Å². The third kappa shape index (κ3) is 2.63. The van der Waals surface area contributed by atoms with Gasteiger partial charge in [0.25, 0.3) is 0 Å². The highest BCUT2D eigenvalue weighted by Crippen LogP contribution is 2.45. The average Bonchev–Trinajstić information content (AvgIpc) is 3.12. The summed E-state index contributed by atoms with van der Waals surface area (Å²) in [6.45, 7) is 4.27. The second-order valence-electron chi connectivity index (χ2n) is 6.71. The van der Waals surface area contributed by atoms with Crippen molar-refractivity contribution < 1.29 is 18.6 Å². The van der Waals surface area contributed by atoms with E-state index in [0.717, 1.165) is 11.1 Å². The van der Waals surface area contributed by atoms with Crippen molar-refractivity contribution in [1.29, 1.82) is 0 Å². The maximum Gasteiger partial charge on any atom is 0.232 e. The minimum absolute atomic E-state index is 0.122. The SMILES string of the molecule is COc1cnc2c(-c3nc4c(F)cc5c(c4s3)OC[C@@H](C)O5)cc(C)cc2n1. The molecule has 0 amide bonds. The van der Waals surface area contributed by atoms with Crippen LogP contribution >= 0.6 is 11.3 Å². The van der Waals surface area contributed by atoms with Gasteiger partial charge < -0.3 is 14.2 Å². The number of hydrogen-bond donors (Lipinski definition) is 0. The highest BCUT2D eigenvalue weighted by Gasteiger charge is 2.25. The summed E-state index contributed by atoms with van der Waals surface area (Å²) < 4.78 is 32.1. The second kappa shape index (κ2) is 6.27. The number of nitrogens with zero attached hydrogens (tertiary/aromatic N) is 3. The van der Waals surface area contributed by atoms with Crippen molar-refractivity contribution in [3.8, 4) is 28.0 Å². The Morgan fingerprint density at radius 1 is 1.21 bits per heavy atom. The maximum absolute atomic E-state index is 14.7. The van der Waals surface area contributed by atoms with Gasteiger partial charge in [0.1, 0.15) is 27.9 Å². The van der Waals surface area contributed by atoms with Crippen molar-refractivity contribution in [2.45, 2.75) is 20.0 Å². The molecule has 142 valence electrons. The second-order valence-corrected chi connectivity index (χ2v) is 7.71. The molecule has 4 aromatic rings. The Kier molecular flexibility index (Phi) is 3.83. The largest absolute Gasteiger partial charge is 0.484 e. The zero-order valence-electron chi connectivity index (χ0n) is 15.4. The summed E-state index contributed by atoms with van der Waals surface area (Å²) in [5.41, 5.74) is 3.45. The van der Waals surface area contributed by atoms with Gasteiger partial charge in [0.15, 0.2) is 17.3 Å². The first-order chi connectivity index (χ1) is 13.5. The van der Waals surface area contributed by atoms with Crippen LogP contribution in [0, 0.1) is 12.7 Å². The van der Waals surface area contributed by atoms with Gasteiger partial charge in [0, 0.05) is 11.6 Å². The van der Waals surface area contributed by atoms with Crippen LogP contribution in [0.25, 0.3) is 31.8 Å². The van der Waals surface area contributed by atoms with Gasteiger partial charge in [-0.2, -0.15) is 0 Å². The molecular weight excluding hydrogens is 381 g/mol. The fourth-order valence-electron chi connectivity index (χ4n) is 3.30. The summed E-state index contributed by atoms with van der Waals surface area (Å²) in [6.07, 6.45) is 1.44. The number of rotatable bonds is 2. The first-order valence-corrected chi connectivity index (χ1v) is 9.59. The molecule has 0 saturated heterocycles. The van der Waals surface area contributed by atoms with Crippen molar-refractivity contribution in [1.82, 2.24) is 15.0 Å². The van der Waals surface area contributed by atoms with Crippen LogP contribution in [-0.2, 0) is 0 Å². The molecule has 0 unspecified atom stereocenters. The zero-order valence-corrected chi connectivity index (χ0v) is 16.3. The molecule has 0 fully saturated rings. The molecule has 8 heteroatoms. The minimum Gasteiger partial charge on any atom is -0.484 e. The standard InChI is InChI=1S/C20H16FN3O3S/c1-9-4-11(16-13(5-9)23-15(25-3)7-22-16)20-24-17-12(21)6-14-18(19(17)28-20)26-8-10(2)27-14/h4-7,10H,8H2,1-3H3/t10-/m1/s1. The van der Waals surface area contributed by atoms with E-state index in [2.05, 4.69) is 15.0 Å². The number of aryl methyl sites for hydroxylation is 1. The van der Waals surface area contributed by atoms with E-state index in [9.17, 15) is 4.39 Å². The van der Waals surface area contributed by atoms with Crippen LogP contribution < -0.4 is 14.2 Å². The van der Waals surface area contributed by atoms with Crippen LogP contribution in [0.1, 0.15) is 12.5 Å². The Bertz CT molecular complexity index is 1240. The first-order valence-electron chi connectivity index (χ1n) is 8.77. The predicted molar refractivity (Wildman–Crippen MR) is 105 cm³/mol. The normalized spacial score (nSPS) is 15.9. The van der Waals surface area contributed by atoms with Crippen molar-refractivity contribution in [3.05, 3.63) is 35.8 Å². The Morgan fingerprint density at radius 3 is 2.89 bits per heavy atom. The number of thiazole rings is 1. The lowest BCUT2D eigenvalue weighted by Crippen LogP contribution is -2.25. The lowest BCUT2D eigenvalue weighted by molar-refractivity contribution is 0.105. The maximum atomic E-state index is 14.7. The predicted octanol–water partition coefficient (Wildman–Crippen LogP) is 4.52. The zero-order chi connectivity index (χ0) is 19.4. The van der Waals surface area contributed by atoms with Crippen molar-refractivity contribution >= 4 is 32.6 Å². The molecule has 2 aromatic carbocycles. The molecule has 1 aliphatic rings. The fraction of sp³-hybridized carbons (Fsp3) is 0.250.